The standard InChI is InChI=1S/C19H18N2O3/c1-12-8-10-14(11-9-12)13(2)24-19(23)17-15-6-4-5-7-16(15)18(22)21(3)20-17/h4-11,13H,1-3H3/t13-/m1/s1. The number of carbonyl (C=O) groups is 1. The van der Waals surface area contributed by atoms with Gasteiger partial charge in [0.15, 0.2) is 5.69 Å². The van der Waals surface area contributed by atoms with E-state index in [1.807, 2.05) is 38.1 Å². The largest absolute Gasteiger partial charge is 0.453 e. The highest BCUT2D eigenvalue weighted by Crippen LogP contribution is 2.21. The molecule has 0 radical (unpaired) electrons. The van der Waals surface area contributed by atoms with Crippen LogP contribution < -0.4 is 5.56 Å². The lowest BCUT2D eigenvalue weighted by molar-refractivity contribution is 0.0331. The number of nitrogens with zero attached hydrogens (tertiary/aromatic N) is 2. The average Bonchev–Trinajstić information content (AvgIpc) is 2.58. The molecule has 122 valence electrons. The van der Waals surface area contributed by atoms with Gasteiger partial charge in [-0.2, -0.15) is 5.10 Å². The lowest BCUT2D eigenvalue weighted by Crippen LogP contribution is -2.24. The van der Waals surface area contributed by atoms with E-state index in [9.17, 15) is 9.59 Å². The Hall–Kier alpha value is -2.95. The van der Waals surface area contributed by atoms with Gasteiger partial charge in [0, 0.05) is 12.4 Å². The fourth-order valence-electron chi connectivity index (χ4n) is 2.57. The summed E-state index contributed by atoms with van der Waals surface area (Å²) in [6.45, 7) is 3.81. The lowest BCUT2D eigenvalue weighted by Gasteiger charge is -2.14. The zero-order valence-corrected chi connectivity index (χ0v) is 13.8. The maximum absolute atomic E-state index is 12.6. The topological polar surface area (TPSA) is 61.2 Å². The van der Waals surface area contributed by atoms with Gasteiger partial charge in [0.1, 0.15) is 6.10 Å². The van der Waals surface area contributed by atoms with Crippen molar-refractivity contribution in [1.82, 2.24) is 9.78 Å². The van der Waals surface area contributed by atoms with E-state index in [4.69, 9.17) is 4.74 Å². The summed E-state index contributed by atoms with van der Waals surface area (Å²) in [4.78, 5) is 24.7. The monoisotopic (exact) mass is 322 g/mol. The van der Waals surface area contributed by atoms with Crippen LogP contribution in [0.5, 0.6) is 0 Å². The molecular formula is C19H18N2O3. The van der Waals surface area contributed by atoms with Crippen LogP contribution in [-0.4, -0.2) is 15.7 Å². The van der Waals surface area contributed by atoms with Crippen LogP contribution in [0.15, 0.2) is 53.3 Å². The van der Waals surface area contributed by atoms with Crippen molar-refractivity contribution in [3.63, 3.8) is 0 Å². The van der Waals surface area contributed by atoms with Crippen LogP contribution in [-0.2, 0) is 11.8 Å². The van der Waals surface area contributed by atoms with Crippen molar-refractivity contribution in [3.8, 4) is 0 Å². The van der Waals surface area contributed by atoms with Crippen molar-refractivity contribution in [2.75, 3.05) is 0 Å². The van der Waals surface area contributed by atoms with Gasteiger partial charge in [0.2, 0.25) is 0 Å². The molecule has 0 unspecified atom stereocenters. The fourth-order valence-corrected chi connectivity index (χ4v) is 2.57. The molecule has 3 rings (SSSR count). The van der Waals surface area contributed by atoms with Gasteiger partial charge in [-0.15, -0.1) is 0 Å². The number of benzene rings is 2. The number of esters is 1. The van der Waals surface area contributed by atoms with Gasteiger partial charge < -0.3 is 4.74 Å². The van der Waals surface area contributed by atoms with Crippen LogP contribution in [0.25, 0.3) is 10.8 Å². The molecule has 2 aromatic carbocycles. The third kappa shape index (κ3) is 2.93. The summed E-state index contributed by atoms with van der Waals surface area (Å²) >= 11 is 0. The summed E-state index contributed by atoms with van der Waals surface area (Å²) in [7, 11) is 1.52. The predicted molar refractivity (Wildman–Crippen MR) is 92.0 cm³/mol. The van der Waals surface area contributed by atoms with Crippen LogP contribution in [0.3, 0.4) is 0 Å². The molecular weight excluding hydrogens is 304 g/mol. The van der Waals surface area contributed by atoms with Crippen molar-refractivity contribution in [3.05, 3.63) is 75.7 Å². The first-order chi connectivity index (χ1) is 11.5. The zero-order chi connectivity index (χ0) is 17.3. The summed E-state index contributed by atoms with van der Waals surface area (Å²) in [6.07, 6.45) is -0.407. The average molecular weight is 322 g/mol. The molecule has 1 atom stereocenters. The molecule has 0 spiro atoms. The Morgan fingerprint density at radius 1 is 1.08 bits per heavy atom. The number of ether oxygens (including phenoxy) is 1. The first-order valence-corrected chi connectivity index (χ1v) is 7.71. The highest BCUT2D eigenvalue weighted by molar-refractivity contribution is 6.02. The van der Waals surface area contributed by atoms with E-state index in [1.54, 1.807) is 24.3 Å². The third-order valence-corrected chi connectivity index (χ3v) is 3.98. The van der Waals surface area contributed by atoms with Gasteiger partial charge in [0.05, 0.1) is 5.39 Å². The third-order valence-electron chi connectivity index (χ3n) is 3.98. The lowest BCUT2D eigenvalue weighted by atomic mass is 10.1. The molecule has 0 aliphatic rings. The molecule has 0 amide bonds. The molecule has 5 nitrogen and oxygen atoms in total. The number of carbonyl (C=O) groups excluding carboxylic acids is 1. The minimum Gasteiger partial charge on any atom is -0.453 e. The summed E-state index contributed by atoms with van der Waals surface area (Å²) in [5, 5.41) is 5.04. The Morgan fingerprint density at radius 2 is 1.71 bits per heavy atom. The summed E-state index contributed by atoms with van der Waals surface area (Å²) in [5.41, 5.74) is 1.95. The van der Waals surface area contributed by atoms with Crippen molar-refractivity contribution < 1.29 is 9.53 Å². The van der Waals surface area contributed by atoms with E-state index in [2.05, 4.69) is 5.10 Å². The molecule has 5 heteroatoms. The van der Waals surface area contributed by atoms with Gasteiger partial charge in [-0.05, 0) is 25.5 Å². The van der Waals surface area contributed by atoms with Crippen LogP contribution in [0.1, 0.15) is 34.6 Å². The van der Waals surface area contributed by atoms with Gasteiger partial charge in [-0.25, -0.2) is 9.48 Å². The second-order valence-corrected chi connectivity index (χ2v) is 5.78. The SMILES string of the molecule is Cc1ccc([C@@H](C)OC(=O)c2nn(C)c(=O)c3ccccc23)cc1. The van der Waals surface area contributed by atoms with Crippen LogP contribution >= 0.6 is 0 Å². The van der Waals surface area contributed by atoms with E-state index < -0.39 is 12.1 Å². The predicted octanol–water partition coefficient (Wildman–Crippen LogP) is 3.16. The molecule has 0 aliphatic carbocycles. The highest BCUT2D eigenvalue weighted by Gasteiger charge is 2.19. The van der Waals surface area contributed by atoms with Crippen LogP contribution in [0.2, 0.25) is 0 Å². The number of rotatable bonds is 3. The molecule has 1 aromatic heterocycles. The van der Waals surface area contributed by atoms with Crippen LogP contribution in [0.4, 0.5) is 0 Å². The van der Waals surface area contributed by atoms with E-state index >= 15 is 0 Å². The maximum Gasteiger partial charge on any atom is 0.360 e. The molecule has 0 saturated carbocycles. The fraction of sp³-hybridized carbons (Fsp3) is 0.211. The number of aryl methyl sites for hydroxylation is 2. The smallest absolute Gasteiger partial charge is 0.360 e. The summed E-state index contributed by atoms with van der Waals surface area (Å²) in [6, 6.07) is 14.7. The van der Waals surface area contributed by atoms with E-state index in [0.717, 1.165) is 15.8 Å². The van der Waals surface area contributed by atoms with Gasteiger partial charge in [-0.1, -0.05) is 48.0 Å². The Labute approximate surface area is 139 Å². The summed E-state index contributed by atoms with van der Waals surface area (Å²) in [5.74, 6) is -0.546. The molecule has 0 aliphatic heterocycles. The van der Waals surface area contributed by atoms with E-state index in [-0.39, 0.29) is 11.3 Å². The maximum atomic E-state index is 12.6. The van der Waals surface area contributed by atoms with E-state index in [0.29, 0.717) is 10.8 Å². The quantitative estimate of drug-likeness (QED) is 0.695. The minimum atomic E-state index is -0.546. The summed E-state index contributed by atoms with van der Waals surface area (Å²) < 4.78 is 6.71. The Kier molecular flexibility index (Phi) is 4.16. The molecule has 24 heavy (non-hydrogen) atoms. The Morgan fingerprint density at radius 3 is 2.38 bits per heavy atom. The first-order valence-electron chi connectivity index (χ1n) is 7.71. The van der Waals surface area contributed by atoms with Crippen LogP contribution in [0, 0.1) is 6.92 Å². The minimum absolute atomic E-state index is 0.145. The molecule has 0 bridgehead atoms. The highest BCUT2D eigenvalue weighted by atomic mass is 16.5. The van der Waals surface area contributed by atoms with E-state index in [1.165, 1.54) is 7.05 Å². The molecule has 1 heterocycles. The number of fused-ring (bicyclic) bond motifs is 1. The molecule has 0 saturated heterocycles. The Bertz CT molecular complexity index is 959. The molecule has 0 N–H and O–H groups in total. The van der Waals surface area contributed by atoms with Crippen molar-refractivity contribution in [1.29, 1.82) is 0 Å². The van der Waals surface area contributed by atoms with Gasteiger partial charge in [-0.3, -0.25) is 4.79 Å². The number of hydrogen-bond donors (Lipinski definition) is 0. The zero-order valence-electron chi connectivity index (χ0n) is 13.8. The second-order valence-electron chi connectivity index (χ2n) is 5.78. The van der Waals surface area contributed by atoms with Gasteiger partial charge in [0.25, 0.3) is 5.56 Å². The van der Waals surface area contributed by atoms with Crippen molar-refractivity contribution in [2.45, 2.75) is 20.0 Å². The normalized spacial score (nSPS) is 12.1. The van der Waals surface area contributed by atoms with Crippen molar-refractivity contribution in [2.24, 2.45) is 7.05 Å². The van der Waals surface area contributed by atoms with Crippen molar-refractivity contribution >= 4 is 16.7 Å². The first kappa shape index (κ1) is 15.9. The van der Waals surface area contributed by atoms with Gasteiger partial charge >= 0.3 is 5.97 Å². The second kappa shape index (κ2) is 6.28. The number of aromatic nitrogens is 2. The number of hydrogen-bond acceptors (Lipinski definition) is 4. The Balaban J connectivity index is 1.96. The molecule has 0 fully saturated rings. The molecule has 3 aromatic rings.